The molecule has 0 aromatic carbocycles. The molecule has 4 heteroatoms. The highest BCUT2D eigenvalue weighted by Gasteiger charge is 2.14. The summed E-state index contributed by atoms with van der Waals surface area (Å²) in [5.41, 5.74) is 5.54. The van der Waals surface area contributed by atoms with Gasteiger partial charge in [0.25, 0.3) is 0 Å². The SMILES string of the molecule is CC(C)C(CCN)CCC(=O)NC[C@@H](C)O. The number of aliphatic hydroxyl groups is 1. The molecule has 4 nitrogen and oxygen atoms in total. The predicted octanol–water partition coefficient (Wildman–Crippen LogP) is 0.885. The number of rotatable bonds is 8. The molecule has 0 aromatic rings. The summed E-state index contributed by atoms with van der Waals surface area (Å²) in [7, 11) is 0. The van der Waals surface area contributed by atoms with Crippen molar-refractivity contribution >= 4 is 5.91 Å². The van der Waals surface area contributed by atoms with Gasteiger partial charge in [0.1, 0.15) is 0 Å². The maximum atomic E-state index is 11.4. The molecule has 0 bridgehead atoms. The van der Waals surface area contributed by atoms with Gasteiger partial charge < -0.3 is 16.2 Å². The molecule has 1 amide bonds. The summed E-state index contributed by atoms with van der Waals surface area (Å²) in [6.45, 7) is 6.99. The Bertz CT molecular complexity index is 193. The van der Waals surface area contributed by atoms with Gasteiger partial charge in [0.15, 0.2) is 0 Å². The molecule has 1 unspecified atom stereocenters. The fourth-order valence-electron chi connectivity index (χ4n) is 1.69. The first-order valence-electron chi connectivity index (χ1n) is 6.12. The second kappa shape index (κ2) is 8.53. The van der Waals surface area contributed by atoms with Crippen LogP contribution in [0.2, 0.25) is 0 Å². The molecule has 0 saturated carbocycles. The van der Waals surface area contributed by atoms with Gasteiger partial charge in [0, 0.05) is 13.0 Å². The smallest absolute Gasteiger partial charge is 0.220 e. The zero-order chi connectivity index (χ0) is 12.6. The summed E-state index contributed by atoms with van der Waals surface area (Å²) < 4.78 is 0. The standard InChI is InChI=1S/C12H26N2O2/c1-9(2)11(6-7-13)4-5-12(16)14-8-10(3)15/h9-11,15H,4-8,13H2,1-3H3,(H,14,16)/t10-,11?/m1/s1. The molecule has 2 atom stereocenters. The fraction of sp³-hybridized carbons (Fsp3) is 0.917. The second-order valence-electron chi connectivity index (χ2n) is 4.77. The molecule has 0 aromatic heterocycles. The van der Waals surface area contributed by atoms with Gasteiger partial charge in [-0.25, -0.2) is 0 Å². The first-order valence-corrected chi connectivity index (χ1v) is 6.12. The van der Waals surface area contributed by atoms with Crippen molar-refractivity contribution in [1.82, 2.24) is 5.32 Å². The number of hydrogen-bond acceptors (Lipinski definition) is 3. The number of nitrogens with two attached hydrogens (primary N) is 1. The van der Waals surface area contributed by atoms with Crippen molar-refractivity contribution in [2.75, 3.05) is 13.1 Å². The van der Waals surface area contributed by atoms with Crippen LogP contribution in [-0.2, 0) is 4.79 Å². The lowest BCUT2D eigenvalue weighted by atomic mass is 9.88. The Kier molecular flexibility index (Phi) is 8.21. The van der Waals surface area contributed by atoms with E-state index in [9.17, 15) is 4.79 Å². The third kappa shape index (κ3) is 7.65. The average Bonchev–Trinajstić information content (AvgIpc) is 2.20. The molecule has 0 aliphatic heterocycles. The highest BCUT2D eigenvalue weighted by Crippen LogP contribution is 2.20. The van der Waals surface area contributed by atoms with Gasteiger partial charge in [-0.2, -0.15) is 0 Å². The summed E-state index contributed by atoms with van der Waals surface area (Å²) in [4.78, 5) is 11.4. The largest absolute Gasteiger partial charge is 0.392 e. The molecule has 16 heavy (non-hydrogen) atoms. The lowest BCUT2D eigenvalue weighted by Crippen LogP contribution is -2.31. The number of nitrogens with one attached hydrogen (secondary N) is 1. The molecular weight excluding hydrogens is 204 g/mol. The first kappa shape index (κ1) is 15.4. The molecule has 0 radical (unpaired) electrons. The molecule has 0 aliphatic rings. The Labute approximate surface area is 98.6 Å². The van der Waals surface area contributed by atoms with Gasteiger partial charge >= 0.3 is 0 Å². The second-order valence-corrected chi connectivity index (χ2v) is 4.77. The van der Waals surface area contributed by atoms with Gasteiger partial charge in [0.05, 0.1) is 6.10 Å². The molecule has 96 valence electrons. The van der Waals surface area contributed by atoms with Crippen LogP contribution >= 0.6 is 0 Å². The Hall–Kier alpha value is -0.610. The lowest BCUT2D eigenvalue weighted by molar-refractivity contribution is -0.121. The van der Waals surface area contributed by atoms with Crippen LogP contribution in [0.5, 0.6) is 0 Å². The zero-order valence-electron chi connectivity index (χ0n) is 10.7. The topological polar surface area (TPSA) is 75.4 Å². The van der Waals surface area contributed by atoms with Gasteiger partial charge in [0.2, 0.25) is 5.91 Å². The van der Waals surface area contributed by atoms with E-state index in [0.717, 1.165) is 12.8 Å². The van der Waals surface area contributed by atoms with Crippen molar-refractivity contribution in [2.45, 2.75) is 46.1 Å². The Morgan fingerprint density at radius 3 is 2.38 bits per heavy atom. The molecule has 0 fully saturated rings. The van der Waals surface area contributed by atoms with Crippen molar-refractivity contribution < 1.29 is 9.90 Å². The van der Waals surface area contributed by atoms with Gasteiger partial charge in [-0.1, -0.05) is 13.8 Å². The zero-order valence-corrected chi connectivity index (χ0v) is 10.7. The predicted molar refractivity (Wildman–Crippen MR) is 65.9 cm³/mol. The molecule has 0 saturated heterocycles. The average molecular weight is 230 g/mol. The van der Waals surface area contributed by atoms with E-state index >= 15 is 0 Å². The summed E-state index contributed by atoms with van der Waals surface area (Å²) >= 11 is 0. The van der Waals surface area contributed by atoms with Crippen molar-refractivity contribution in [3.63, 3.8) is 0 Å². The van der Waals surface area contributed by atoms with Gasteiger partial charge in [-0.05, 0) is 38.1 Å². The van der Waals surface area contributed by atoms with Crippen molar-refractivity contribution in [3.8, 4) is 0 Å². The van der Waals surface area contributed by atoms with Crippen LogP contribution in [-0.4, -0.2) is 30.2 Å². The third-order valence-corrected chi connectivity index (χ3v) is 2.82. The minimum atomic E-state index is -0.478. The normalized spacial score (nSPS) is 14.9. The van der Waals surface area contributed by atoms with Gasteiger partial charge in [-0.15, -0.1) is 0 Å². The van der Waals surface area contributed by atoms with E-state index in [4.69, 9.17) is 10.8 Å². The lowest BCUT2D eigenvalue weighted by Gasteiger charge is -2.19. The number of carbonyl (C=O) groups excluding carboxylic acids is 1. The maximum Gasteiger partial charge on any atom is 0.220 e. The quantitative estimate of drug-likeness (QED) is 0.579. The summed E-state index contributed by atoms with van der Waals surface area (Å²) in [5, 5.41) is 11.7. The molecule has 4 N–H and O–H groups in total. The van der Waals surface area contributed by atoms with E-state index in [1.165, 1.54) is 0 Å². The summed E-state index contributed by atoms with van der Waals surface area (Å²) in [6.07, 6.45) is 1.89. The van der Waals surface area contributed by atoms with Crippen LogP contribution in [0, 0.1) is 11.8 Å². The number of hydrogen-bond donors (Lipinski definition) is 3. The Morgan fingerprint density at radius 1 is 1.31 bits per heavy atom. The number of aliphatic hydroxyl groups excluding tert-OH is 1. The minimum absolute atomic E-state index is 0.0172. The van der Waals surface area contributed by atoms with E-state index in [2.05, 4.69) is 19.2 Å². The third-order valence-electron chi connectivity index (χ3n) is 2.82. The fourth-order valence-corrected chi connectivity index (χ4v) is 1.69. The minimum Gasteiger partial charge on any atom is -0.392 e. The Morgan fingerprint density at radius 2 is 1.94 bits per heavy atom. The van der Waals surface area contributed by atoms with E-state index < -0.39 is 6.10 Å². The van der Waals surface area contributed by atoms with E-state index in [-0.39, 0.29) is 5.91 Å². The highest BCUT2D eigenvalue weighted by atomic mass is 16.3. The molecular formula is C12H26N2O2. The molecule has 0 rings (SSSR count). The monoisotopic (exact) mass is 230 g/mol. The summed E-state index contributed by atoms with van der Waals surface area (Å²) in [6, 6.07) is 0. The van der Waals surface area contributed by atoms with E-state index in [1.807, 2.05) is 0 Å². The Balaban J connectivity index is 3.78. The molecule has 0 spiro atoms. The number of amides is 1. The molecule has 0 heterocycles. The first-order chi connectivity index (χ1) is 7.47. The molecule has 0 aliphatic carbocycles. The number of carbonyl (C=O) groups is 1. The van der Waals surface area contributed by atoms with Crippen LogP contribution in [0.4, 0.5) is 0 Å². The van der Waals surface area contributed by atoms with Crippen molar-refractivity contribution in [1.29, 1.82) is 0 Å². The van der Waals surface area contributed by atoms with Crippen molar-refractivity contribution in [3.05, 3.63) is 0 Å². The van der Waals surface area contributed by atoms with Crippen LogP contribution in [0.15, 0.2) is 0 Å². The van der Waals surface area contributed by atoms with Gasteiger partial charge in [-0.3, -0.25) is 4.79 Å². The van der Waals surface area contributed by atoms with Crippen LogP contribution in [0.1, 0.15) is 40.0 Å². The summed E-state index contributed by atoms with van der Waals surface area (Å²) in [5.74, 6) is 1.10. The van der Waals surface area contributed by atoms with Crippen LogP contribution < -0.4 is 11.1 Å². The highest BCUT2D eigenvalue weighted by molar-refractivity contribution is 5.75. The van der Waals surface area contributed by atoms with Crippen LogP contribution in [0.3, 0.4) is 0 Å². The van der Waals surface area contributed by atoms with Crippen molar-refractivity contribution in [2.24, 2.45) is 17.6 Å². The van der Waals surface area contributed by atoms with E-state index in [0.29, 0.717) is 31.3 Å². The maximum absolute atomic E-state index is 11.4. The van der Waals surface area contributed by atoms with E-state index in [1.54, 1.807) is 6.92 Å². The van der Waals surface area contributed by atoms with Crippen LogP contribution in [0.25, 0.3) is 0 Å².